The van der Waals surface area contributed by atoms with Gasteiger partial charge in [-0.25, -0.2) is 4.98 Å². The first-order chi connectivity index (χ1) is 8.87. The monoisotopic (exact) mass is 293 g/mol. The number of halogens is 4. The molecule has 0 bridgehead atoms. The van der Waals surface area contributed by atoms with Crippen molar-refractivity contribution in [2.24, 2.45) is 0 Å². The van der Waals surface area contributed by atoms with Crippen LogP contribution in [0, 0.1) is 0 Å². The minimum absolute atomic E-state index is 0.0664. The van der Waals surface area contributed by atoms with Crippen LogP contribution in [-0.4, -0.2) is 22.9 Å². The van der Waals surface area contributed by atoms with Crippen LogP contribution in [0.5, 0.6) is 5.88 Å². The maximum Gasteiger partial charge on any atom is 0.392 e. The summed E-state index contributed by atoms with van der Waals surface area (Å²) in [6.07, 6.45) is -2.33. The molecule has 0 amide bonds. The highest BCUT2D eigenvalue weighted by Gasteiger charge is 2.27. The number of rotatable bonds is 4. The van der Waals surface area contributed by atoms with Gasteiger partial charge in [0.25, 0.3) is 0 Å². The van der Waals surface area contributed by atoms with Gasteiger partial charge in [0.15, 0.2) is 0 Å². The Morgan fingerprint density at radius 3 is 2.63 bits per heavy atom. The molecule has 1 fully saturated rings. The van der Waals surface area contributed by atoms with Crippen molar-refractivity contribution >= 4 is 17.4 Å². The molecule has 104 valence electrons. The van der Waals surface area contributed by atoms with Crippen LogP contribution in [0.25, 0.3) is 5.76 Å². The summed E-state index contributed by atoms with van der Waals surface area (Å²) in [6.45, 7) is -0.539. The Morgan fingerprint density at radius 2 is 2.11 bits per heavy atom. The summed E-state index contributed by atoms with van der Waals surface area (Å²) < 4.78 is 40.7. The minimum Gasteiger partial charge on any atom is -0.507 e. The van der Waals surface area contributed by atoms with Crippen molar-refractivity contribution in [3.63, 3.8) is 0 Å². The second-order valence-electron chi connectivity index (χ2n) is 4.18. The number of alkyl halides is 3. The normalized spacial score (nSPS) is 14.4. The van der Waals surface area contributed by atoms with Crippen molar-refractivity contribution in [1.29, 1.82) is 0 Å². The fraction of sp³-hybridized carbons (Fsp3) is 0.417. The zero-order chi connectivity index (χ0) is 14.0. The third-order valence-electron chi connectivity index (χ3n) is 2.54. The van der Waals surface area contributed by atoms with Gasteiger partial charge in [0.2, 0.25) is 5.88 Å². The Labute approximate surface area is 112 Å². The molecule has 0 aromatic carbocycles. The molecule has 1 aliphatic carbocycles. The molecule has 1 heterocycles. The number of aliphatic hydroxyl groups is 1. The summed E-state index contributed by atoms with van der Waals surface area (Å²) in [5.41, 5.74) is 1.37. The van der Waals surface area contributed by atoms with Gasteiger partial charge in [-0.05, 0) is 24.5 Å². The van der Waals surface area contributed by atoms with E-state index in [9.17, 15) is 18.3 Å². The molecule has 0 unspecified atom stereocenters. The average molecular weight is 294 g/mol. The number of aromatic nitrogens is 1. The lowest BCUT2D eigenvalue weighted by Gasteiger charge is -2.09. The molecule has 7 heteroatoms. The lowest BCUT2D eigenvalue weighted by molar-refractivity contribution is -0.139. The predicted octanol–water partition coefficient (Wildman–Crippen LogP) is 4.13. The smallest absolute Gasteiger partial charge is 0.392 e. The molecule has 0 spiro atoms. The molecule has 0 aliphatic heterocycles. The topological polar surface area (TPSA) is 42.4 Å². The van der Waals surface area contributed by atoms with Gasteiger partial charge >= 0.3 is 6.18 Å². The molecular weight excluding hydrogens is 283 g/mol. The van der Waals surface area contributed by atoms with Gasteiger partial charge in [-0.15, -0.1) is 0 Å². The lowest BCUT2D eigenvalue weighted by atomic mass is 10.2. The predicted molar refractivity (Wildman–Crippen MR) is 64.2 cm³/mol. The summed E-state index contributed by atoms with van der Waals surface area (Å²) in [4.78, 5) is 3.81. The van der Waals surface area contributed by atoms with Crippen LogP contribution in [0.15, 0.2) is 17.8 Å². The van der Waals surface area contributed by atoms with Crippen LogP contribution < -0.4 is 4.74 Å². The van der Waals surface area contributed by atoms with E-state index >= 15 is 0 Å². The number of hydrogen-bond acceptors (Lipinski definition) is 3. The maximum atomic E-state index is 12.0. The van der Waals surface area contributed by atoms with E-state index in [0.717, 1.165) is 18.4 Å². The molecule has 19 heavy (non-hydrogen) atoms. The van der Waals surface area contributed by atoms with Crippen LogP contribution >= 0.6 is 11.6 Å². The van der Waals surface area contributed by atoms with E-state index in [2.05, 4.69) is 4.98 Å². The van der Waals surface area contributed by atoms with Crippen molar-refractivity contribution in [3.8, 4) is 5.88 Å². The quantitative estimate of drug-likeness (QED) is 0.849. The number of pyridine rings is 1. The first kappa shape index (κ1) is 14.0. The molecule has 2 rings (SSSR count). The van der Waals surface area contributed by atoms with Gasteiger partial charge in [-0.1, -0.05) is 11.6 Å². The van der Waals surface area contributed by atoms with E-state index in [1.807, 2.05) is 0 Å². The van der Waals surface area contributed by atoms with Gasteiger partial charge in [0, 0.05) is 11.8 Å². The third-order valence-corrected chi connectivity index (χ3v) is 2.81. The highest BCUT2D eigenvalue weighted by Crippen LogP contribution is 2.36. The van der Waals surface area contributed by atoms with Crippen LogP contribution in [0.4, 0.5) is 13.2 Å². The first-order valence-electron chi connectivity index (χ1n) is 5.63. The fourth-order valence-electron chi connectivity index (χ4n) is 1.43. The van der Waals surface area contributed by atoms with Crippen LogP contribution in [0.2, 0.25) is 5.02 Å². The van der Waals surface area contributed by atoms with Gasteiger partial charge in [0.05, 0.1) is 13.0 Å². The fourth-order valence-corrected chi connectivity index (χ4v) is 1.65. The average Bonchev–Trinajstić information content (AvgIpc) is 3.12. The summed E-state index contributed by atoms with van der Waals surface area (Å²) in [5.74, 6) is 0.0690. The standard InChI is InChI=1S/C12H11ClF3NO2/c13-9-5-8(10(18)7-1-2-7)6-17-11(9)19-4-3-12(14,15)16/h5-6,18H,1-4H2. The molecule has 1 aromatic rings. The number of aliphatic hydroxyl groups excluding tert-OH is 1. The van der Waals surface area contributed by atoms with E-state index in [1.54, 1.807) is 0 Å². The summed E-state index contributed by atoms with van der Waals surface area (Å²) >= 11 is 5.85. The van der Waals surface area contributed by atoms with Crippen LogP contribution in [0.1, 0.15) is 24.8 Å². The van der Waals surface area contributed by atoms with Crippen molar-refractivity contribution < 1.29 is 23.0 Å². The van der Waals surface area contributed by atoms with E-state index in [0.29, 0.717) is 5.56 Å². The molecule has 0 saturated heterocycles. The third kappa shape index (κ3) is 4.02. The Kier molecular flexibility index (Phi) is 3.89. The lowest BCUT2D eigenvalue weighted by Crippen LogP contribution is -2.13. The zero-order valence-corrected chi connectivity index (χ0v) is 10.6. The van der Waals surface area contributed by atoms with Crippen molar-refractivity contribution in [2.75, 3.05) is 6.61 Å². The van der Waals surface area contributed by atoms with Crippen molar-refractivity contribution in [3.05, 3.63) is 28.4 Å². The molecule has 1 aromatic heterocycles. The molecule has 1 N–H and O–H groups in total. The van der Waals surface area contributed by atoms with E-state index in [1.165, 1.54) is 12.3 Å². The highest BCUT2D eigenvalue weighted by molar-refractivity contribution is 6.32. The van der Waals surface area contributed by atoms with Crippen LogP contribution in [0.3, 0.4) is 0 Å². The number of hydrogen-bond donors (Lipinski definition) is 1. The maximum absolute atomic E-state index is 12.0. The van der Waals surface area contributed by atoms with Gasteiger partial charge in [-0.2, -0.15) is 13.2 Å². The Balaban J connectivity index is 2.01. The summed E-state index contributed by atoms with van der Waals surface area (Å²) in [6, 6.07) is 1.43. The molecule has 1 aliphatic rings. The molecule has 0 atom stereocenters. The van der Waals surface area contributed by atoms with Gasteiger partial charge in [0.1, 0.15) is 10.8 Å². The SMILES string of the molecule is OC(=C1CC1)c1cnc(OCCC(F)(F)F)c(Cl)c1. The Hall–Kier alpha value is -1.43. The zero-order valence-electron chi connectivity index (χ0n) is 9.80. The van der Waals surface area contributed by atoms with E-state index < -0.39 is 19.2 Å². The number of ether oxygens (including phenoxy) is 1. The number of allylic oxidation sites excluding steroid dienone is 1. The Bertz CT molecular complexity index is 508. The van der Waals surface area contributed by atoms with Crippen LogP contribution in [-0.2, 0) is 0 Å². The second kappa shape index (κ2) is 5.28. The number of nitrogens with zero attached hydrogens (tertiary/aromatic N) is 1. The van der Waals surface area contributed by atoms with Gasteiger partial charge in [-0.3, -0.25) is 0 Å². The molecular formula is C12H11ClF3NO2. The van der Waals surface area contributed by atoms with Crippen molar-refractivity contribution in [1.82, 2.24) is 4.98 Å². The molecule has 3 nitrogen and oxygen atoms in total. The molecule has 0 radical (unpaired) electrons. The Morgan fingerprint density at radius 1 is 1.42 bits per heavy atom. The first-order valence-corrected chi connectivity index (χ1v) is 6.01. The summed E-state index contributed by atoms with van der Waals surface area (Å²) in [5, 5.41) is 9.83. The summed E-state index contributed by atoms with van der Waals surface area (Å²) in [7, 11) is 0. The molecule has 1 saturated carbocycles. The van der Waals surface area contributed by atoms with Gasteiger partial charge < -0.3 is 9.84 Å². The van der Waals surface area contributed by atoms with E-state index in [-0.39, 0.29) is 16.7 Å². The van der Waals surface area contributed by atoms with Crippen molar-refractivity contribution in [2.45, 2.75) is 25.4 Å². The largest absolute Gasteiger partial charge is 0.507 e. The minimum atomic E-state index is -4.28. The van der Waals surface area contributed by atoms with E-state index in [4.69, 9.17) is 16.3 Å². The second-order valence-corrected chi connectivity index (χ2v) is 4.58. The highest BCUT2D eigenvalue weighted by atomic mass is 35.5.